The largest absolute Gasteiger partial charge is 0.270 e. The Labute approximate surface area is 141 Å². The maximum atomic E-state index is 4.43. The summed E-state index contributed by atoms with van der Waals surface area (Å²) in [7, 11) is 0. The summed E-state index contributed by atoms with van der Waals surface area (Å²) >= 11 is 1.76. The molecule has 0 radical (unpaired) electrons. The van der Waals surface area contributed by atoms with Crippen molar-refractivity contribution in [2.24, 2.45) is 0 Å². The number of aromatic nitrogens is 4. The summed E-state index contributed by atoms with van der Waals surface area (Å²) in [6, 6.07) is 12.4. The van der Waals surface area contributed by atoms with Gasteiger partial charge in [-0.3, -0.25) is 9.55 Å². The fourth-order valence-electron chi connectivity index (χ4n) is 2.29. The first-order valence-electron chi connectivity index (χ1n) is 7.85. The third-order valence-electron chi connectivity index (χ3n) is 3.59. The lowest BCUT2D eigenvalue weighted by Gasteiger charge is -2.10. The minimum absolute atomic E-state index is 0.857. The average molecular weight is 324 g/mol. The summed E-state index contributed by atoms with van der Waals surface area (Å²) in [6.45, 7) is 4.30. The van der Waals surface area contributed by atoms with E-state index in [1.54, 1.807) is 24.2 Å². The predicted octanol–water partition coefficient (Wildman–Crippen LogP) is 4.53. The van der Waals surface area contributed by atoms with Crippen molar-refractivity contribution in [1.82, 2.24) is 19.7 Å². The van der Waals surface area contributed by atoms with Crippen LogP contribution in [0, 0.1) is 6.92 Å². The van der Waals surface area contributed by atoms with E-state index >= 15 is 0 Å². The van der Waals surface area contributed by atoms with E-state index in [0.29, 0.717) is 0 Å². The highest BCUT2D eigenvalue weighted by Gasteiger charge is 2.15. The van der Waals surface area contributed by atoms with Crippen LogP contribution in [-0.4, -0.2) is 25.5 Å². The minimum Gasteiger partial charge on any atom is -0.270 e. The molecule has 5 heteroatoms. The minimum atomic E-state index is 0.857. The van der Waals surface area contributed by atoms with Gasteiger partial charge in [0.25, 0.3) is 0 Å². The number of benzene rings is 1. The van der Waals surface area contributed by atoms with Crippen molar-refractivity contribution in [1.29, 1.82) is 0 Å². The molecule has 0 aliphatic heterocycles. The van der Waals surface area contributed by atoms with E-state index in [1.165, 1.54) is 18.4 Å². The van der Waals surface area contributed by atoms with Gasteiger partial charge in [0.1, 0.15) is 0 Å². The van der Waals surface area contributed by atoms with Gasteiger partial charge in [-0.1, -0.05) is 42.8 Å². The van der Waals surface area contributed by atoms with E-state index in [1.807, 2.05) is 12.1 Å². The third kappa shape index (κ3) is 3.62. The summed E-state index contributed by atoms with van der Waals surface area (Å²) < 4.78 is 2.13. The lowest BCUT2D eigenvalue weighted by molar-refractivity contribution is 0.865. The molecule has 23 heavy (non-hydrogen) atoms. The SMILES string of the molecule is CCCCSc1nnc(-c2ccncc2)n1-c1ccc(C)cc1. The van der Waals surface area contributed by atoms with Crippen LogP contribution in [0.25, 0.3) is 17.1 Å². The van der Waals surface area contributed by atoms with Crippen molar-refractivity contribution in [3.8, 4) is 17.1 Å². The number of unbranched alkanes of at least 4 members (excludes halogenated alkanes) is 1. The van der Waals surface area contributed by atoms with Gasteiger partial charge in [-0.2, -0.15) is 0 Å². The van der Waals surface area contributed by atoms with Gasteiger partial charge in [0, 0.05) is 29.4 Å². The lowest BCUT2D eigenvalue weighted by Crippen LogP contribution is -2.00. The highest BCUT2D eigenvalue weighted by atomic mass is 32.2. The standard InChI is InChI=1S/C18H20N4S/c1-3-4-13-23-18-21-20-17(15-9-11-19-12-10-15)22(18)16-7-5-14(2)6-8-16/h5-12H,3-4,13H2,1-2H3. The van der Waals surface area contributed by atoms with Crippen molar-refractivity contribution >= 4 is 11.8 Å². The molecule has 3 aromatic rings. The summed E-state index contributed by atoms with van der Waals surface area (Å²) in [4.78, 5) is 4.09. The summed E-state index contributed by atoms with van der Waals surface area (Å²) in [5, 5.41) is 9.79. The molecule has 0 spiro atoms. The first-order chi connectivity index (χ1) is 11.3. The summed E-state index contributed by atoms with van der Waals surface area (Å²) in [5.74, 6) is 1.91. The fraction of sp³-hybridized carbons (Fsp3) is 0.278. The Hall–Kier alpha value is -2.14. The smallest absolute Gasteiger partial charge is 0.196 e. The van der Waals surface area contributed by atoms with Crippen LogP contribution in [0.3, 0.4) is 0 Å². The molecule has 4 nitrogen and oxygen atoms in total. The number of thioether (sulfide) groups is 1. The van der Waals surface area contributed by atoms with Gasteiger partial charge < -0.3 is 0 Å². The molecule has 0 atom stereocenters. The molecule has 0 saturated carbocycles. The van der Waals surface area contributed by atoms with Crippen molar-refractivity contribution in [3.63, 3.8) is 0 Å². The van der Waals surface area contributed by atoms with Gasteiger partial charge in [-0.25, -0.2) is 0 Å². The van der Waals surface area contributed by atoms with Crippen LogP contribution in [0.4, 0.5) is 0 Å². The highest BCUT2D eigenvalue weighted by molar-refractivity contribution is 7.99. The topological polar surface area (TPSA) is 43.6 Å². The fourth-order valence-corrected chi connectivity index (χ4v) is 3.32. The molecule has 0 saturated heterocycles. The van der Waals surface area contributed by atoms with Crippen molar-refractivity contribution in [2.75, 3.05) is 5.75 Å². The number of hydrogen-bond donors (Lipinski definition) is 0. The van der Waals surface area contributed by atoms with E-state index in [4.69, 9.17) is 0 Å². The van der Waals surface area contributed by atoms with Crippen LogP contribution < -0.4 is 0 Å². The molecule has 0 amide bonds. The van der Waals surface area contributed by atoms with Gasteiger partial charge in [-0.05, 0) is 37.6 Å². The molecule has 0 N–H and O–H groups in total. The van der Waals surface area contributed by atoms with Crippen LogP contribution in [0.2, 0.25) is 0 Å². The van der Waals surface area contributed by atoms with E-state index in [-0.39, 0.29) is 0 Å². The molecule has 118 valence electrons. The first kappa shape index (κ1) is 15.7. The second-order valence-electron chi connectivity index (χ2n) is 5.42. The average Bonchev–Trinajstić information content (AvgIpc) is 3.00. The second kappa shape index (κ2) is 7.42. The molecule has 2 heterocycles. The van der Waals surface area contributed by atoms with E-state index in [0.717, 1.165) is 28.0 Å². The third-order valence-corrected chi connectivity index (χ3v) is 4.61. The Morgan fingerprint density at radius 3 is 2.43 bits per heavy atom. The zero-order chi connectivity index (χ0) is 16.1. The molecule has 1 aromatic carbocycles. The number of pyridine rings is 1. The Kier molecular flexibility index (Phi) is 5.08. The number of nitrogens with zero attached hydrogens (tertiary/aromatic N) is 4. The van der Waals surface area contributed by atoms with Gasteiger partial charge in [-0.15, -0.1) is 10.2 Å². The highest BCUT2D eigenvalue weighted by Crippen LogP contribution is 2.28. The molecule has 0 unspecified atom stereocenters. The maximum absolute atomic E-state index is 4.43. The maximum Gasteiger partial charge on any atom is 0.196 e. The zero-order valence-corrected chi connectivity index (χ0v) is 14.3. The molecule has 0 aliphatic rings. The summed E-state index contributed by atoms with van der Waals surface area (Å²) in [6.07, 6.45) is 5.93. The normalized spacial score (nSPS) is 10.9. The Morgan fingerprint density at radius 2 is 1.74 bits per heavy atom. The molecule has 2 aromatic heterocycles. The number of rotatable bonds is 6. The van der Waals surface area contributed by atoms with E-state index in [9.17, 15) is 0 Å². The van der Waals surface area contributed by atoms with Crippen molar-refractivity contribution < 1.29 is 0 Å². The Morgan fingerprint density at radius 1 is 1.00 bits per heavy atom. The van der Waals surface area contributed by atoms with E-state index < -0.39 is 0 Å². The Bertz CT molecular complexity index is 750. The van der Waals surface area contributed by atoms with Crippen LogP contribution in [0.15, 0.2) is 53.9 Å². The summed E-state index contributed by atoms with van der Waals surface area (Å²) in [5.41, 5.74) is 3.36. The van der Waals surface area contributed by atoms with Gasteiger partial charge >= 0.3 is 0 Å². The van der Waals surface area contributed by atoms with Gasteiger partial charge in [0.05, 0.1) is 0 Å². The van der Waals surface area contributed by atoms with Gasteiger partial charge in [0.15, 0.2) is 11.0 Å². The first-order valence-corrected chi connectivity index (χ1v) is 8.84. The molecule has 3 rings (SSSR count). The number of hydrogen-bond acceptors (Lipinski definition) is 4. The predicted molar refractivity (Wildman–Crippen MR) is 95.0 cm³/mol. The Balaban J connectivity index is 2.04. The van der Waals surface area contributed by atoms with Crippen LogP contribution >= 0.6 is 11.8 Å². The van der Waals surface area contributed by atoms with Crippen LogP contribution in [0.5, 0.6) is 0 Å². The number of aryl methyl sites for hydroxylation is 1. The van der Waals surface area contributed by atoms with Crippen molar-refractivity contribution in [3.05, 3.63) is 54.4 Å². The molecular weight excluding hydrogens is 304 g/mol. The molecular formula is C18H20N4S. The lowest BCUT2D eigenvalue weighted by atomic mass is 10.2. The van der Waals surface area contributed by atoms with Crippen molar-refractivity contribution in [2.45, 2.75) is 31.8 Å². The molecule has 0 fully saturated rings. The quantitative estimate of drug-likeness (QED) is 0.493. The molecule has 0 aliphatic carbocycles. The second-order valence-corrected chi connectivity index (χ2v) is 6.48. The van der Waals surface area contributed by atoms with Crippen LogP contribution in [-0.2, 0) is 0 Å². The van der Waals surface area contributed by atoms with Gasteiger partial charge in [0.2, 0.25) is 0 Å². The van der Waals surface area contributed by atoms with E-state index in [2.05, 4.69) is 57.9 Å². The molecule has 0 bridgehead atoms. The monoisotopic (exact) mass is 324 g/mol. The zero-order valence-electron chi connectivity index (χ0n) is 13.4. The van der Waals surface area contributed by atoms with Crippen LogP contribution in [0.1, 0.15) is 25.3 Å².